The summed E-state index contributed by atoms with van der Waals surface area (Å²) in [5.41, 5.74) is 0. The zero-order valence-electron chi connectivity index (χ0n) is 10.1. The molecule has 5 nitrogen and oxygen atoms in total. The SMILES string of the molecule is O=C1CCN(S(=O)(=O)c2cccc3cnccc23)C1. The van der Waals surface area contributed by atoms with Crippen LogP contribution < -0.4 is 0 Å². The third-order valence-corrected chi connectivity index (χ3v) is 5.15. The van der Waals surface area contributed by atoms with Crippen LogP contribution >= 0.6 is 0 Å². The molecule has 0 unspecified atom stereocenters. The van der Waals surface area contributed by atoms with Gasteiger partial charge in [-0.2, -0.15) is 4.31 Å². The summed E-state index contributed by atoms with van der Waals surface area (Å²) in [6, 6.07) is 6.76. The highest BCUT2D eigenvalue weighted by molar-refractivity contribution is 7.89. The molecule has 0 radical (unpaired) electrons. The molecule has 19 heavy (non-hydrogen) atoms. The van der Waals surface area contributed by atoms with Crippen LogP contribution in [-0.4, -0.2) is 36.6 Å². The minimum atomic E-state index is -3.61. The maximum atomic E-state index is 12.5. The first-order valence-electron chi connectivity index (χ1n) is 5.93. The molecule has 1 aliphatic heterocycles. The van der Waals surface area contributed by atoms with Crippen LogP contribution in [0.4, 0.5) is 0 Å². The van der Waals surface area contributed by atoms with E-state index in [0.717, 1.165) is 5.39 Å². The van der Waals surface area contributed by atoms with Crippen molar-refractivity contribution in [1.29, 1.82) is 0 Å². The van der Waals surface area contributed by atoms with E-state index in [1.54, 1.807) is 30.6 Å². The number of carbonyl (C=O) groups is 1. The van der Waals surface area contributed by atoms with E-state index in [1.807, 2.05) is 6.07 Å². The Morgan fingerprint density at radius 1 is 1.21 bits per heavy atom. The molecule has 0 amide bonds. The van der Waals surface area contributed by atoms with E-state index in [9.17, 15) is 13.2 Å². The van der Waals surface area contributed by atoms with E-state index in [-0.39, 0.29) is 23.8 Å². The zero-order valence-corrected chi connectivity index (χ0v) is 10.9. The van der Waals surface area contributed by atoms with Gasteiger partial charge < -0.3 is 0 Å². The van der Waals surface area contributed by atoms with Gasteiger partial charge in [0.2, 0.25) is 10.0 Å². The molecular formula is C13H12N2O3S. The van der Waals surface area contributed by atoms with Gasteiger partial charge in [0.05, 0.1) is 11.4 Å². The normalized spacial score (nSPS) is 17.2. The average molecular weight is 276 g/mol. The van der Waals surface area contributed by atoms with Gasteiger partial charge in [-0.1, -0.05) is 12.1 Å². The Kier molecular flexibility index (Phi) is 2.83. The summed E-state index contributed by atoms with van der Waals surface area (Å²) in [4.78, 5) is 15.5. The molecule has 0 bridgehead atoms. The number of Topliss-reactive ketones (excluding diaryl/α,β-unsaturated/α-hetero) is 1. The molecule has 0 spiro atoms. The van der Waals surface area contributed by atoms with E-state index in [1.165, 1.54) is 4.31 Å². The predicted octanol–water partition coefficient (Wildman–Crippen LogP) is 1.20. The maximum absolute atomic E-state index is 12.5. The fourth-order valence-electron chi connectivity index (χ4n) is 2.27. The Balaban J connectivity index is 2.16. The Morgan fingerprint density at radius 3 is 2.79 bits per heavy atom. The molecule has 6 heteroatoms. The number of sulfonamides is 1. The number of benzene rings is 1. The fraction of sp³-hybridized carbons (Fsp3) is 0.231. The highest BCUT2D eigenvalue weighted by Crippen LogP contribution is 2.26. The molecule has 1 saturated heterocycles. The number of pyridine rings is 1. The molecule has 98 valence electrons. The summed E-state index contributed by atoms with van der Waals surface area (Å²) in [7, 11) is -3.61. The molecule has 0 N–H and O–H groups in total. The summed E-state index contributed by atoms with van der Waals surface area (Å²) in [6.07, 6.45) is 3.49. The summed E-state index contributed by atoms with van der Waals surface area (Å²) < 4.78 is 26.3. The van der Waals surface area contributed by atoms with Crippen molar-refractivity contribution in [2.45, 2.75) is 11.3 Å². The topological polar surface area (TPSA) is 67.3 Å². The fourth-order valence-corrected chi connectivity index (χ4v) is 3.90. The number of hydrogen-bond donors (Lipinski definition) is 0. The zero-order chi connectivity index (χ0) is 13.5. The molecular weight excluding hydrogens is 264 g/mol. The van der Waals surface area contributed by atoms with E-state index in [4.69, 9.17) is 0 Å². The van der Waals surface area contributed by atoms with Crippen molar-refractivity contribution in [3.05, 3.63) is 36.7 Å². The van der Waals surface area contributed by atoms with Crippen LogP contribution in [0.2, 0.25) is 0 Å². The number of hydrogen-bond acceptors (Lipinski definition) is 4. The van der Waals surface area contributed by atoms with Gasteiger partial charge in [0, 0.05) is 36.1 Å². The van der Waals surface area contributed by atoms with Crippen molar-refractivity contribution < 1.29 is 13.2 Å². The Morgan fingerprint density at radius 2 is 2.05 bits per heavy atom. The lowest BCUT2D eigenvalue weighted by Crippen LogP contribution is -2.29. The van der Waals surface area contributed by atoms with Crippen molar-refractivity contribution in [3.8, 4) is 0 Å². The summed E-state index contributed by atoms with van der Waals surface area (Å²) in [5.74, 6) is -0.0366. The molecule has 2 aromatic rings. The van der Waals surface area contributed by atoms with Crippen LogP contribution in [0.5, 0.6) is 0 Å². The minimum absolute atomic E-state index is 0.0240. The quantitative estimate of drug-likeness (QED) is 0.826. The molecule has 1 fully saturated rings. The van der Waals surface area contributed by atoms with Gasteiger partial charge in [0.15, 0.2) is 0 Å². The number of aromatic nitrogens is 1. The molecule has 1 aromatic heterocycles. The Hall–Kier alpha value is -1.79. The maximum Gasteiger partial charge on any atom is 0.244 e. The number of rotatable bonds is 2. The van der Waals surface area contributed by atoms with E-state index >= 15 is 0 Å². The number of fused-ring (bicyclic) bond motifs is 1. The van der Waals surface area contributed by atoms with E-state index in [0.29, 0.717) is 11.8 Å². The van der Waals surface area contributed by atoms with Crippen molar-refractivity contribution in [1.82, 2.24) is 9.29 Å². The molecule has 2 heterocycles. The van der Waals surface area contributed by atoms with Gasteiger partial charge in [-0.25, -0.2) is 8.42 Å². The third-order valence-electron chi connectivity index (χ3n) is 3.25. The first kappa shape index (κ1) is 12.3. The lowest BCUT2D eigenvalue weighted by Gasteiger charge is -2.16. The van der Waals surface area contributed by atoms with Gasteiger partial charge in [0.25, 0.3) is 0 Å². The lowest BCUT2D eigenvalue weighted by atomic mass is 10.2. The van der Waals surface area contributed by atoms with Crippen LogP contribution in [0, 0.1) is 0 Å². The monoisotopic (exact) mass is 276 g/mol. The van der Waals surface area contributed by atoms with Gasteiger partial charge in [-0.15, -0.1) is 0 Å². The minimum Gasteiger partial charge on any atom is -0.298 e. The predicted molar refractivity (Wildman–Crippen MR) is 70.1 cm³/mol. The number of carbonyl (C=O) groups excluding carboxylic acids is 1. The lowest BCUT2D eigenvalue weighted by molar-refractivity contribution is -0.116. The largest absolute Gasteiger partial charge is 0.298 e. The Bertz CT molecular complexity index is 750. The standard InChI is InChI=1S/C13H12N2O3S/c16-11-5-7-15(9-11)19(17,18)13-3-1-2-10-8-14-6-4-12(10)13/h1-4,6,8H,5,7,9H2. The second-order valence-corrected chi connectivity index (χ2v) is 6.39. The van der Waals surface area contributed by atoms with E-state index in [2.05, 4.69) is 4.98 Å². The average Bonchev–Trinajstić information content (AvgIpc) is 2.85. The van der Waals surface area contributed by atoms with Crippen molar-refractivity contribution in [2.75, 3.05) is 13.1 Å². The highest BCUT2D eigenvalue weighted by Gasteiger charge is 2.32. The highest BCUT2D eigenvalue weighted by atomic mass is 32.2. The molecule has 0 aliphatic carbocycles. The second kappa shape index (κ2) is 4.40. The van der Waals surface area contributed by atoms with Crippen molar-refractivity contribution in [2.24, 2.45) is 0 Å². The summed E-state index contributed by atoms with van der Waals surface area (Å²) >= 11 is 0. The molecule has 1 aliphatic rings. The van der Waals surface area contributed by atoms with Crippen LogP contribution in [0.15, 0.2) is 41.6 Å². The van der Waals surface area contributed by atoms with Crippen LogP contribution in [0.3, 0.4) is 0 Å². The molecule has 0 saturated carbocycles. The second-order valence-electron chi connectivity index (χ2n) is 4.48. The molecule has 1 aromatic carbocycles. The van der Waals surface area contributed by atoms with Gasteiger partial charge >= 0.3 is 0 Å². The van der Waals surface area contributed by atoms with Gasteiger partial charge in [0.1, 0.15) is 5.78 Å². The van der Waals surface area contributed by atoms with Crippen LogP contribution in [-0.2, 0) is 14.8 Å². The molecule has 3 rings (SSSR count). The first-order valence-corrected chi connectivity index (χ1v) is 7.37. The number of ketones is 1. The van der Waals surface area contributed by atoms with Crippen molar-refractivity contribution >= 4 is 26.6 Å². The van der Waals surface area contributed by atoms with Gasteiger partial charge in [-0.05, 0) is 12.1 Å². The summed E-state index contributed by atoms with van der Waals surface area (Å²) in [6.45, 7) is 0.243. The summed E-state index contributed by atoms with van der Waals surface area (Å²) in [5, 5.41) is 1.41. The smallest absolute Gasteiger partial charge is 0.244 e. The Labute approximate surface area is 110 Å². The van der Waals surface area contributed by atoms with Crippen LogP contribution in [0.1, 0.15) is 6.42 Å². The van der Waals surface area contributed by atoms with Crippen molar-refractivity contribution in [3.63, 3.8) is 0 Å². The third kappa shape index (κ3) is 2.02. The van der Waals surface area contributed by atoms with Gasteiger partial charge in [-0.3, -0.25) is 9.78 Å². The first-order chi connectivity index (χ1) is 9.09. The number of nitrogens with zero attached hydrogens (tertiary/aromatic N) is 2. The molecule has 0 atom stereocenters. The van der Waals surface area contributed by atoms with Crippen LogP contribution in [0.25, 0.3) is 10.8 Å². The van der Waals surface area contributed by atoms with E-state index < -0.39 is 10.0 Å².